The highest BCUT2D eigenvalue weighted by molar-refractivity contribution is 6.37. The zero-order valence-corrected chi connectivity index (χ0v) is 7.69. The number of carbonyl (C=O) groups is 1. The fraction of sp³-hybridized carbons (Fsp3) is 0. The van der Waals surface area contributed by atoms with Crippen LogP contribution in [-0.2, 0) is 4.79 Å². The molecule has 0 saturated carbocycles. The van der Waals surface area contributed by atoms with Gasteiger partial charge in [-0.15, -0.1) is 0 Å². The molecule has 1 aromatic rings. The molecule has 0 aliphatic rings. The third-order valence-corrected chi connectivity index (χ3v) is 1.60. The van der Waals surface area contributed by atoms with Crippen LogP contribution < -0.4 is 4.74 Å². The van der Waals surface area contributed by atoms with Crippen LogP contribution >= 0.6 is 34.8 Å². The van der Waals surface area contributed by atoms with Crippen molar-refractivity contribution in [3.05, 3.63) is 15.6 Å². The van der Waals surface area contributed by atoms with Gasteiger partial charge in [0.1, 0.15) is 0 Å². The fourth-order valence-electron chi connectivity index (χ4n) is 0.519. The smallest absolute Gasteiger partial charge is 0.298 e. The van der Waals surface area contributed by atoms with Crippen LogP contribution in [0.1, 0.15) is 0 Å². The Balaban J connectivity index is 3.18. The third-order valence-electron chi connectivity index (χ3n) is 0.922. The summed E-state index contributed by atoms with van der Waals surface area (Å²) in [6.45, 7) is 0.171. The molecule has 1 rings (SSSR count). The molecule has 0 aliphatic heterocycles. The van der Waals surface area contributed by atoms with Gasteiger partial charge in [-0.2, -0.15) is 0 Å². The van der Waals surface area contributed by atoms with Gasteiger partial charge in [0.2, 0.25) is 11.0 Å². The van der Waals surface area contributed by atoms with E-state index in [2.05, 4.69) is 14.7 Å². The summed E-state index contributed by atoms with van der Waals surface area (Å²) in [5.74, 6) is -0.0993. The first-order chi connectivity index (χ1) is 5.65. The summed E-state index contributed by atoms with van der Waals surface area (Å²) in [7, 11) is 0. The molecule has 0 spiro atoms. The molecule has 4 nitrogen and oxygen atoms in total. The normalized spacial score (nSPS) is 9.58. The van der Waals surface area contributed by atoms with Crippen LogP contribution in [0.25, 0.3) is 0 Å². The van der Waals surface area contributed by atoms with Crippen molar-refractivity contribution in [3.63, 3.8) is 0 Å². The van der Waals surface area contributed by atoms with Gasteiger partial charge >= 0.3 is 0 Å². The summed E-state index contributed by atoms with van der Waals surface area (Å²) in [5.41, 5.74) is 0. The van der Waals surface area contributed by atoms with Gasteiger partial charge in [0, 0.05) is 0 Å². The fourth-order valence-corrected chi connectivity index (χ4v) is 1.25. The molecule has 0 fully saturated rings. The van der Waals surface area contributed by atoms with E-state index < -0.39 is 0 Å². The van der Waals surface area contributed by atoms with Gasteiger partial charge in [-0.1, -0.05) is 23.2 Å². The van der Waals surface area contributed by atoms with Crippen molar-refractivity contribution in [2.45, 2.75) is 0 Å². The Morgan fingerprint density at radius 2 is 1.67 bits per heavy atom. The molecule has 0 atom stereocenters. The van der Waals surface area contributed by atoms with Gasteiger partial charge in [0.25, 0.3) is 6.47 Å². The number of ether oxygens (including phenoxy) is 1. The number of nitrogens with zero attached hydrogens (tertiary/aromatic N) is 2. The van der Waals surface area contributed by atoms with Crippen molar-refractivity contribution < 1.29 is 9.53 Å². The molecule has 12 heavy (non-hydrogen) atoms. The molecule has 0 aliphatic carbocycles. The van der Waals surface area contributed by atoms with E-state index >= 15 is 0 Å². The molecule has 64 valence electrons. The molecule has 1 aromatic heterocycles. The standard InChI is InChI=1S/C5HCl3N2O2/c6-3-2(12-1-11)4(7)10-5(8)9-3/h1H. The van der Waals surface area contributed by atoms with Crippen LogP contribution in [0.3, 0.4) is 0 Å². The minimum atomic E-state index is -0.108. The van der Waals surface area contributed by atoms with Crippen LogP contribution in [0.2, 0.25) is 15.6 Å². The van der Waals surface area contributed by atoms with E-state index in [9.17, 15) is 4.79 Å². The largest absolute Gasteiger partial charge is 0.422 e. The molecule has 0 N–H and O–H groups in total. The molecule has 1 heterocycles. The Kier molecular flexibility index (Phi) is 3.08. The summed E-state index contributed by atoms with van der Waals surface area (Å²) < 4.78 is 4.39. The van der Waals surface area contributed by atoms with Gasteiger partial charge in [-0.3, -0.25) is 4.79 Å². The number of hydrogen-bond donors (Lipinski definition) is 0. The van der Waals surface area contributed by atoms with Crippen molar-refractivity contribution in [2.75, 3.05) is 0 Å². The van der Waals surface area contributed by atoms with E-state index in [4.69, 9.17) is 34.8 Å². The van der Waals surface area contributed by atoms with E-state index in [1.165, 1.54) is 0 Å². The zero-order valence-electron chi connectivity index (χ0n) is 5.42. The van der Waals surface area contributed by atoms with Crippen molar-refractivity contribution in [2.24, 2.45) is 0 Å². The maximum Gasteiger partial charge on any atom is 0.298 e. The van der Waals surface area contributed by atoms with Crippen LogP contribution in [-0.4, -0.2) is 16.4 Å². The van der Waals surface area contributed by atoms with Gasteiger partial charge < -0.3 is 4.74 Å². The molecule has 0 unspecified atom stereocenters. The molecular weight excluding hydrogens is 226 g/mol. The Morgan fingerprint density at radius 3 is 2.08 bits per heavy atom. The second-order valence-corrected chi connectivity index (χ2v) is 2.67. The second-order valence-electron chi connectivity index (χ2n) is 1.62. The van der Waals surface area contributed by atoms with E-state index in [0.29, 0.717) is 0 Å². The molecule has 7 heteroatoms. The minimum Gasteiger partial charge on any atom is -0.422 e. The Labute approximate surface area is 82.4 Å². The number of hydrogen-bond acceptors (Lipinski definition) is 4. The predicted molar refractivity (Wildman–Crippen MR) is 43.8 cm³/mol. The summed E-state index contributed by atoms with van der Waals surface area (Å²) in [4.78, 5) is 16.9. The van der Waals surface area contributed by atoms with E-state index in [-0.39, 0.29) is 27.8 Å². The molecule has 0 aromatic carbocycles. The van der Waals surface area contributed by atoms with Crippen molar-refractivity contribution in [3.8, 4) is 5.75 Å². The van der Waals surface area contributed by atoms with Crippen molar-refractivity contribution in [1.82, 2.24) is 9.97 Å². The summed E-state index contributed by atoms with van der Waals surface area (Å²) in [6, 6.07) is 0. The zero-order chi connectivity index (χ0) is 9.14. The first kappa shape index (κ1) is 9.51. The number of halogens is 3. The SMILES string of the molecule is O=COc1c(Cl)nc(Cl)nc1Cl. The lowest BCUT2D eigenvalue weighted by Gasteiger charge is -2.01. The Bertz CT molecular complexity index is 295. The van der Waals surface area contributed by atoms with E-state index in [0.717, 1.165) is 0 Å². The van der Waals surface area contributed by atoms with E-state index in [1.54, 1.807) is 0 Å². The lowest BCUT2D eigenvalue weighted by Crippen LogP contribution is -1.95. The first-order valence-corrected chi connectivity index (χ1v) is 3.77. The monoisotopic (exact) mass is 226 g/mol. The van der Waals surface area contributed by atoms with Crippen LogP contribution in [0.4, 0.5) is 0 Å². The molecule has 0 bridgehead atoms. The van der Waals surface area contributed by atoms with Gasteiger partial charge in [-0.05, 0) is 11.6 Å². The average molecular weight is 227 g/mol. The first-order valence-electron chi connectivity index (χ1n) is 2.64. The quantitative estimate of drug-likeness (QED) is 0.440. The summed E-state index contributed by atoms with van der Waals surface area (Å²) in [5, 5.41) is -0.317. The molecule has 0 amide bonds. The highest BCUT2D eigenvalue weighted by Crippen LogP contribution is 2.29. The van der Waals surface area contributed by atoms with Crippen molar-refractivity contribution >= 4 is 41.3 Å². The average Bonchev–Trinajstić information content (AvgIpc) is 1.96. The Hall–Kier alpha value is -0.580. The third kappa shape index (κ3) is 1.97. The lowest BCUT2D eigenvalue weighted by atomic mass is 10.6. The lowest BCUT2D eigenvalue weighted by molar-refractivity contribution is -0.120. The maximum absolute atomic E-state index is 9.94. The number of carbonyl (C=O) groups excluding carboxylic acids is 1. The maximum atomic E-state index is 9.94. The van der Waals surface area contributed by atoms with Gasteiger partial charge in [-0.25, -0.2) is 9.97 Å². The van der Waals surface area contributed by atoms with E-state index in [1.807, 2.05) is 0 Å². The summed E-state index contributed by atoms with van der Waals surface area (Å²) in [6.07, 6.45) is 0. The van der Waals surface area contributed by atoms with Crippen LogP contribution in [0.5, 0.6) is 5.75 Å². The minimum absolute atomic E-state index is 0.0993. The Morgan fingerprint density at radius 1 is 1.17 bits per heavy atom. The van der Waals surface area contributed by atoms with Crippen molar-refractivity contribution in [1.29, 1.82) is 0 Å². The van der Waals surface area contributed by atoms with Crippen LogP contribution in [0, 0.1) is 0 Å². The second kappa shape index (κ2) is 3.89. The highest BCUT2D eigenvalue weighted by Gasteiger charge is 2.11. The molecule has 0 saturated heterocycles. The highest BCUT2D eigenvalue weighted by atomic mass is 35.5. The topological polar surface area (TPSA) is 52.1 Å². The van der Waals surface area contributed by atoms with Crippen LogP contribution in [0.15, 0.2) is 0 Å². The van der Waals surface area contributed by atoms with Gasteiger partial charge in [0.05, 0.1) is 0 Å². The molecular formula is C5HCl3N2O2. The molecule has 0 radical (unpaired) electrons. The predicted octanol–water partition coefficient (Wildman–Crippen LogP) is 1.97. The number of rotatable bonds is 2. The summed E-state index contributed by atoms with van der Waals surface area (Å²) >= 11 is 16.4. The number of aromatic nitrogens is 2. The van der Waals surface area contributed by atoms with Gasteiger partial charge in [0.15, 0.2) is 10.3 Å².